The van der Waals surface area contributed by atoms with Gasteiger partial charge in [0, 0.05) is 42.1 Å². The Morgan fingerprint density at radius 2 is 1.32 bits per heavy atom. The van der Waals surface area contributed by atoms with E-state index < -0.39 is 0 Å². The van der Waals surface area contributed by atoms with Crippen LogP contribution in [0.25, 0.3) is 0 Å². The van der Waals surface area contributed by atoms with E-state index in [1.54, 1.807) is 30.3 Å². The van der Waals surface area contributed by atoms with E-state index in [-0.39, 0.29) is 24.3 Å². The number of likely N-dealkylation sites (tertiary alicyclic amines) is 1. The zero-order chi connectivity index (χ0) is 25.9. The molecular formula is C30H34N4O3. The molecule has 0 aromatic heterocycles. The molecule has 0 radical (unpaired) electrons. The van der Waals surface area contributed by atoms with E-state index in [0.717, 1.165) is 37.2 Å². The molecule has 0 aliphatic carbocycles. The Labute approximate surface area is 218 Å². The molecule has 0 unspecified atom stereocenters. The topological polar surface area (TPSA) is 90.5 Å². The van der Waals surface area contributed by atoms with Gasteiger partial charge in [-0.05, 0) is 67.3 Å². The highest BCUT2D eigenvalue weighted by atomic mass is 16.2. The van der Waals surface area contributed by atoms with E-state index in [0.29, 0.717) is 29.8 Å². The number of hydrogen-bond donors (Lipinski definition) is 3. The molecule has 1 aliphatic rings. The Morgan fingerprint density at radius 1 is 0.676 bits per heavy atom. The van der Waals surface area contributed by atoms with E-state index in [9.17, 15) is 14.4 Å². The molecule has 1 saturated heterocycles. The number of nitrogens with zero attached hydrogens (tertiary/aromatic N) is 1. The Balaban J connectivity index is 1.22. The highest BCUT2D eigenvalue weighted by Gasteiger charge is 2.17. The van der Waals surface area contributed by atoms with Gasteiger partial charge in [-0.2, -0.15) is 0 Å². The summed E-state index contributed by atoms with van der Waals surface area (Å²) in [6.07, 6.45) is 5.53. The van der Waals surface area contributed by atoms with Gasteiger partial charge in [0.05, 0.1) is 6.54 Å². The van der Waals surface area contributed by atoms with Crippen LogP contribution < -0.4 is 16.0 Å². The second-order valence-electron chi connectivity index (χ2n) is 9.30. The number of benzene rings is 3. The molecule has 3 aromatic rings. The zero-order valence-corrected chi connectivity index (χ0v) is 21.0. The van der Waals surface area contributed by atoms with Crippen LogP contribution in [0, 0.1) is 0 Å². The van der Waals surface area contributed by atoms with Crippen LogP contribution in [0.3, 0.4) is 0 Å². The van der Waals surface area contributed by atoms with Crippen LogP contribution in [0.15, 0.2) is 78.9 Å². The van der Waals surface area contributed by atoms with Crippen LogP contribution in [-0.2, 0) is 16.0 Å². The third-order valence-electron chi connectivity index (χ3n) is 6.39. The molecule has 3 aromatic carbocycles. The van der Waals surface area contributed by atoms with Crippen LogP contribution in [0.1, 0.15) is 48.0 Å². The van der Waals surface area contributed by atoms with Crippen molar-refractivity contribution in [1.29, 1.82) is 0 Å². The number of carbonyl (C=O) groups is 3. The van der Waals surface area contributed by atoms with E-state index in [1.165, 1.54) is 12.8 Å². The molecule has 0 atom stereocenters. The van der Waals surface area contributed by atoms with E-state index in [2.05, 4.69) is 16.0 Å². The standard InChI is InChI=1S/C30H34N4O3/c35-28(18-13-23-9-4-3-5-10-23)32-25-14-16-26(17-15-25)33-29(36)22-31-27-12-8-11-24(21-27)30(37)34-19-6-1-2-7-20-34/h3-5,8-12,14-17,21,31H,1-2,6-7,13,18-20,22H2,(H,32,35)(H,33,36). The maximum absolute atomic E-state index is 12.9. The van der Waals surface area contributed by atoms with Gasteiger partial charge in [-0.3, -0.25) is 14.4 Å². The lowest BCUT2D eigenvalue weighted by Crippen LogP contribution is -2.31. The minimum atomic E-state index is -0.205. The van der Waals surface area contributed by atoms with Gasteiger partial charge in [0.1, 0.15) is 0 Å². The molecule has 1 aliphatic heterocycles. The van der Waals surface area contributed by atoms with Crippen molar-refractivity contribution in [3.05, 3.63) is 90.0 Å². The molecule has 1 heterocycles. The van der Waals surface area contributed by atoms with Gasteiger partial charge in [0.25, 0.3) is 5.91 Å². The average molecular weight is 499 g/mol. The lowest BCUT2D eigenvalue weighted by atomic mass is 10.1. The van der Waals surface area contributed by atoms with E-state index in [1.807, 2.05) is 53.4 Å². The van der Waals surface area contributed by atoms with Crippen LogP contribution >= 0.6 is 0 Å². The fourth-order valence-electron chi connectivity index (χ4n) is 4.37. The van der Waals surface area contributed by atoms with Gasteiger partial charge in [0.15, 0.2) is 0 Å². The molecule has 1 fully saturated rings. The molecule has 7 heteroatoms. The lowest BCUT2D eigenvalue weighted by Gasteiger charge is -2.20. The van der Waals surface area contributed by atoms with Crippen molar-refractivity contribution in [3.8, 4) is 0 Å². The van der Waals surface area contributed by atoms with Gasteiger partial charge in [-0.25, -0.2) is 0 Å². The number of rotatable bonds is 9. The van der Waals surface area contributed by atoms with Crippen molar-refractivity contribution >= 4 is 34.8 Å². The summed E-state index contributed by atoms with van der Waals surface area (Å²) in [5, 5.41) is 8.83. The minimum Gasteiger partial charge on any atom is -0.376 e. The van der Waals surface area contributed by atoms with Crippen molar-refractivity contribution < 1.29 is 14.4 Å². The van der Waals surface area contributed by atoms with E-state index in [4.69, 9.17) is 0 Å². The van der Waals surface area contributed by atoms with Crippen LogP contribution in [-0.4, -0.2) is 42.3 Å². The number of anilines is 3. The fourth-order valence-corrected chi connectivity index (χ4v) is 4.37. The van der Waals surface area contributed by atoms with Crippen molar-refractivity contribution in [3.63, 3.8) is 0 Å². The summed E-state index contributed by atoms with van der Waals surface area (Å²) in [7, 11) is 0. The van der Waals surface area contributed by atoms with Gasteiger partial charge < -0.3 is 20.9 Å². The molecule has 0 bridgehead atoms. The zero-order valence-electron chi connectivity index (χ0n) is 21.0. The van der Waals surface area contributed by atoms with Crippen molar-refractivity contribution in [2.24, 2.45) is 0 Å². The molecule has 3 amide bonds. The molecule has 3 N–H and O–H groups in total. The highest BCUT2D eigenvalue weighted by Crippen LogP contribution is 2.17. The minimum absolute atomic E-state index is 0.0437. The summed E-state index contributed by atoms with van der Waals surface area (Å²) in [4.78, 5) is 39.5. The van der Waals surface area contributed by atoms with Gasteiger partial charge in [-0.15, -0.1) is 0 Å². The van der Waals surface area contributed by atoms with Crippen LogP contribution in [0.5, 0.6) is 0 Å². The first-order valence-corrected chi connectivity index (χ1v) is 12.9. The second kappa shape index (κ2) is 13.3. The first-order chi connectivity index (χ1) is 18.1. The van der Waals surface area contributed by atoms with Crippen molar-refractivity contribution in [2.75, 3.05) is 35.6 Å². The molecule has 7 nitrogen and oxygen atoms in total. The van der Waals surface area contributed by atoms with Crippen LogP contribution in [0.2, 0.25) is 0 Å². The fraction of sp³-hybridized carbons (Fsp3) is 0.300. The first kappa shape index (κ1) is 25.9. The Kier molecular flexibility index (Phi) is 9.29. The smallest absolute Gasteiger partial charge is 0.253 e. The largest absolute Gasteiger partial charge is 0.376 e. The molecule has 0 saturated carbocycles. The van der Waals surface area contributed by atoms with Gasteiger partial charge >= 0.3 is 0 Å². The van der Waals surface area contributed by atoms with Crippen molar-refractivity contribution in [2.45, 2.75) is 38.5 Å². The molecule has 192 valence electrons. The summed E-state index contributed by atoms with van der Waals surface area (Å²) in [5.74, 6) is -0.215. The van der Waals surface area contributed by atoms with Crippen LogP contribution in [0.4, 0.5) is 17.1 Å². The number of hydrogen-bond acceptors (Lipinski definition) is 4. The Hall–Kier alpha value is -4.13. The molecule has 0 spiro atoms. The third kappa shape index (κ3) is 8.20. The summed E-state index contributed by atoms with van der Waals surface area (Å²) in [6, 6.07) is 24.2. The summed E-state index contributed by atoms with van der Waals surface area (Å²) in [5.41, 5.74) is 3.80. The quantitative estimate of drug-likeness (QED) is 0.372. The Morgan fingerprint density at radius 3 is 2.00 bits per heavy atom. The normalized spacial score (nSPS) is 13.4. The second-order valence-corrected chi connectivity index (χ2v) is 9.30. The maximum atomic E-state index is 12.9. The third-order valence-corrected chi connectivity index (χ3v) is 6.39. The number of nitrogens with one attached hydrogen (secondary N) is 3. The first-order valence-electron chi connectivity index (χ1n) is 12.9. The summed E-state index contributed by atoms with van der Waals surface area (Å²) in [6.45, 7) is 1.67. The van der Waals surface area contributed by atoms with Gasteiger partial charge in [0.2, 0.25) is 11.8 Å². The number of aryl methyl sites for hydroxylation is 1. The lowest BCUT2D eigenvalue weighted by molar-refractivity contribution is -0.116. The maximum Gasteiger partial charge on any atom is 0.253 e. The monoisotopic (exact) mass is 498 g/mol. The van der Waals surface area contributed by atoms with Crippen molar-refractivity contribution in [1.82, 2.24) is 4.90 Å². The predicted octanol–water partition coefficient (Wildman–Crippen LogP) is 5.32. The number of carbonyl (C=O) groups excluding carboxylic acids is 3. The Bertz CT molecular complexity index is 1190. The number of amides is 3. The molecule has 37 heavy (non-hydrogen) atoms. The van der Waals surface area contributed by atoms with Gasteiger partial charge in [-0.1, -0.05) is 49.2 Å². The summed E-state index contributed by atoms with van der Waals surface area (Å²) < 4.78 is 0. The predicted molar refractivity (Wildman–Crippen MR) is 148 cm³/mol. The highest BCUT2D eigenvalue weighted by molar-refractivity contribution is 5.96. The molecular weight excluding hydrogens is 464 g/mol. The van der Waals surface area contributed by atoms with E-state index >= 15 is 0 Å². The average Bonchev–Trinajstić information content (AvgIpc) is 3.22. The summed E-state index contributed by atoms with van der Waals surface area (Å²) >= 11 is 0. The SMILES string of the molecule is O=C(CCc1ccccc1)Nc1ccc(NC(=O)CNc2cccc(C(=O)N3CCCCCC3)c2)cc1. The molecule has 4 rings (SSSR count).